The number of thioether (sulfide) groups is 1. The van der Waals surface area contributed by atoms with Gasteiger partial charge >= 0.3 is 0 Å². The highest BCUT2D eigenvalue weighted by Gasteiger charge is 2.17. The smallest absolute Gasteiger partial charge is 0.255 e. The molecule has 0 aliphatic carbocycles. The van der Waals surface area contributed by atoms with Crippen LogP contribution in [-0.2, 0) is 6.54 Å². The van der Waals surface area contributed by atoms with Crippen molar-refractivity contribution in [3.8, 4) is 11.5 Å². The number of nitrogens with zero attached hydrogens (tertiary/aromatic N) is 1. The second-order valence-corrected chi connectivity index (χ2v) is 9.41. The molecule has 5 nitrogen and oxygen atoms in total. The Kier molecular flexibility index (Phi) is 8.48. The van der Waals surface area contributed by atoms with Crippen LogP contribution in [0.5, 0.6) is 11.5 Å². The molecule has 0 unspecified atom stereocenters. The number of nitrogens with one attached hydrogen (secondary N) is 1. The Morgan fingerprint density at radius 1 is 1.23 bits per heavy atom. The summed E-state index contributed by atoms with van der Waals surface area (Å²) in [6.07, 6.45) is 0.893. The molecule has 3 rings (SSSR count). The van der Waals surface area contributed by atoms with Gasteiger partial charge in [0.2, 0.25) is 0 Å². The fourth-order valence-corrected chi connectivity index (χ4v) is 4.91. The van der Waals surface area contributed by atoms with Gasteiger partial charge in [-0.15, -0.1) is 0 Å². The summed E-state index contributed by atoms with van der Waals surface area (Å²) in [4.78, 5) is 15.4. The van der Waals surface area contributed by atoms with E-state index in [1.165, 1.54) is 17.1 Å². The fourth-order valence-electron chi connectivity index (χ4n) is 3.37. The average Bonchev–Trinajstić information content (AvgIpc) is 2.75. The van der Waals surface area contributed by atoms with Crippen molar-refractivity contribution < 1.29 is 14.3 Å². The van der Waals surface area contributed by atoms with Crippen molar-refractivity contribution in [3.05, 3.63) is 51.5 Å². The second kappa shape index (κ2) is 11.1. The standard InChI is InChI=1S/C23H29BrN2O3S/c1-4-9-29-22-19(24)13-18(14-21(22)28-3)23(27)25-20-6-5-17(12-16(20)2)15-26-7-10-30-11-8-26/h5-6,12-14H,4,7-11,15H2,1-3H3,(H,25,27). The van der Waals surface area contributed by atoms with Gasteiger partial charge in [0.1, 0.15) is 0 Å². The van der Waals surface area contributed by atoms with Gasteiger partial charge in [0.05, 0.1) is 18.2 Å². The van der Waals surface area contributed by atoms with Crippen LogP contribution in [0.3, 0.4) is 0 Å². The molecule has 1 amide bonds. The Balaban J connectivity index is 1.71. The summed E-state index contributed by atoms with van der Waals surface area (Å²) in [6, 6.07) is 9.73. The highest BCUT2D eigenvalue weighted by Crippen LogP contribution is 2.37. The lowest BCUT2D eigenvalue weighted by Crippen LogP contribution is -2.31. The third kappa shape index (κ3) is 5.93. The molecule has 1 heterocycles. The van der Waals surface area contributed by atoms with Gasteiger partial charge in [0.25, 0.3) is 5.91 Å². The zero-order chi connectivity index (χ0) is 21.5. The number of methoxy groups -OCH3 is 1. The number of halogens is 1. The van der Waals surface area contributed by atoms with Gasteiger partial charge in [0.15, 0.2) is 11.5 Å². The molecule has 162 valence electrons. The number of rotatable bonds is 8. The van der Waals surface area contributed by atoms with Crippen molar-refractivity contribution in [2.24, 2.45) is 0 Å². The Morgan fingerprint density at radius 2 is 2.00 bits per heavy atom. The first-order valence-corrected chi connectivity index (χ1v) is 12.2. The average molecular weight is 493 g/mol. The van der Waals surface area contributed by atoms with E-state index in [0.29, 0.717) is 28.1 Å². The highest BCUT2D eigenvalue weighted by molar-refractivity contribution is 9.10. The van der Waals surface area contributed by atoms with Gasteiger partial charge in [-0.1, -0.05) is 19.1 Å². The maximum atomic E-state index is 12.9. The first kappa shape index (κ1) is 23.0. The molecule has 1 aliphatic heterocycles. The molecule has 1 fully saturated rings. The summed E-state index contributed by atoms with van der Waals surface area (Å²) in [5.74, 6) is 3.38. The topological polar surface area (TPSA) is 50.8 Å². The maximum Gasteiger partial charge on any atom is 0.255 e. The quantitative estimate of drug-likeness (QED) is 0.537. The lowest BCUT2D eigenvalue weighted by atomic mass is 10.1. The predicted octanol–water partition coefficient (Wildman–Crippen LogP) is 5.36. The fraction of sp³-hybridized carbons (Fsp3) is 0.435. The predicted molar refractivity (Wildman–Crippen MR) is 128 cm³/mol. The van der Waals surface area contributed by atoms with E-state index < -0.39 is 0 Å². The number of hydrogen-bond donors (Lipinski definition) is 1. The van der Waals surface area contributed by atoms with Gasteiger partial charge in [-0.05, 0) is 58.6 Å². The van der Waals surface area contributed by atoms with E-state index in [9.17, 15) is 4.79 Å². The molecule has 0 spiro atoms. The third-order valence-corrected chi connectivity index (χ3v) is 6.52. The van der Waals surface area contributed by atoms with E-state index in [2.05, 4.69) is 38.3 Å². The van der Waals surface area contributed by atoms with E-state index in [4.69, 9.17) is 9.47 Å². The van der Waals surface area contributed by atoms with Crippen LogP contribution < -0.4 is 14.8 Å². The van der Waals surface area contributed by atoms with Gasteiger partial charge in [0, 0.05) is 42.4 Å². The Morgan fingerprint density at radius 3 is 2.67 bits per heavy atom. The molecule has 1 aliphatic rings. The number of ether oxygens (including phenoxy) is 2. The Labute approximate surface area is 191 Å². The second-order valence-electron chi connectivity index (χ2n) is 7.33. The van der Waals surface area contributed by atoms with Gasteiger partial charge in [-0.3, -0.25) is 9.69 Å². The van der Waals surface area contributed by atoms with E-state index >= 15 is 0 Å². The van der Waals surface area contributed by atoms with Crippen molar-refractivity contribution >= 4 is 39.3 Å². The van der Waals surface area contributed by atoms with E-state index in [0.717, 1.165) is 37.3 Å². The first-order valence-electron chi connectivity index (χ1n) is 10.2. The Bertz CT molecular complexity index is 885. The summed E-state index contributed by atoms with van der Waals surface area (Å²) in [5.41, 5.74) is 3.66. The SMILES string of the molecule is CCCOc1c(Br)cc(C(=O)Nc2ccc(CN3CCSCC3)cc2C)cc1OC. The van der Waals surface area contributed by atoms with Gasteiger partial charge in [-0.25, -0.2) is 0 Å². The van der Waals surface area contributed by atoms with Crippen molar-refractivity contribution in [1.82, 2.24) is 4.90 Å². The largest absolute Gasteiger partial charge is 0.493 e. The minimum atomic E-state index is -0.181. The van der Waals surface area contributed by atoms with Crippen molar-refractivity contribution in [3.63, 3.8) is 0 Å². The van der Waals surface area contributed by atoms with Gasteiger partial charge in [-0.2, -0.15) is 11.8 Å². The summed E-state index contributed by atoms with van der Waals surface area (Å²) in [6.45, 7) is 7.89. The molecule has 0 radical (unpaired) electrons. The van der Waals surface area contributed by atoms with Crippen LogP contribution in [0.1, 0.15) is 34.8 Å². The molecule has 7 heteroatoms. The maximum absolute atomic E-state index is 12.9. The van der Waals surface area contributed by atoms with Crippen LogP contribution in [-0.4, -0.2) is 49.1 Å². The minimum absolute atomic E-state index is 0.181. The van der Waals surface area contributed by atoms with Crippen LogP contribution >= 0.6 is 27.7 Å². The van der Waals surface area contributed by atoms with Crippen LogP contribution in [0, 0.1) is 6.92 Å². The highest BCUT2D eigenvalue weighted by atomic mass is 79.9. The van der Waals surface area contributed by atoms with Crippen LogP contribution in [0.25, 0.3) is 0 Å². The lowest BCUT2D eigenvalue weighted by Gasteiger charge is -2.26. The number of aryl methyl sites for hydroxylation is 1. The van der Waals surface area contributed by atoms with Gasteiger partial charge < -0.3 is 14.8 Å². The molecule has 0 aromatic heterocycles. The number of anilines is 1. The zero-order valence-corrected chi connectivity index (χ0v) is 20.2. The Hall–Kier alpha value is -1.70. The van der Waals surface area contributed by atoms with E-state index in [1.54, 1.807) is 19.2 Å². The molecule has 0 atom stereocenters. The number of carbonyl (C=O) groups is 1. The van der Waals surface area contributed by atoms with Crippen LogP contribution in [0.4, 0.5) is 5.69 Å². The summed E-state index contributed by atoms with van der Waals surface area (Å²) < 4.78 is 11.9. The van der Waals surface area contributed by atoms with Crippen LogP contribution in [0.15, 0.2) is 34.8 Å². The summed E-state index contributed by atoms with van der Waals surface area (Å²) >= 11 is 5.52. The summed E-state index contributed by atoms with van der Waals surface area (Å²) in [5, 5.41) is 3.03. The number of hydrogen-bond acceptors (Lipinski definition) is 5. The first-order chi connectivity index (χ1) is 14.5. The van der Waals surface area contributed by atoms with Crippen molar-refractivity contribution in [2.75, 3.05) is 43.6 Å². The van der Waals surface area contributed by atoms with Crippen molar-refractivity contribution in [2.45, 2.75) is 26.8 Å². The molecule has 1 saturated heterocycles. The molecule has 0 saturated carbocycles. The third-order valence-electron chi connectivity index (χ3n) is 4.99. The minimum Gasteiger partial charge on any atom is -0.493 e. The molecular weight excluding hydrogens is 464 g/mol. The van der Waals surface area contributed by atoms with E-state index in [-0.39, 0.29) is 5.91 Å². The molecule has 0 bridgehead atoms. The molecule has 30 heavy (non-hydrogen) atoms. The molecule has 2 aromatic carbocycles. The lowest BCUT2D eigenvalue weighted by molar-refractivity contribution is 0.102. The molecule has 2 aromatic rings. The van der Waals surface area contributed by atoms with E-state index in [1.807, 2.05) is 31.7 Å². The number of benzene rings is 2. The number of carbonyl (C=O) groups excluding carboxylic acids is 1. The normalized spacial score (nSPS) is 14.4. The monoisotopic (exact) mass is 492 g/mol. The summed E-state index contributed by atoms with van der Waals surface area (Å²) in [7, 11) is 1.58. The zero-order valence-electron chi connectivity index (χ0n) is 17.8. The number of amides is 1. The molecular formula is C23H29BrN2O3S. The van der Waals surface area contributed by atoms with Crippen LogP contribution in [0.2, 0.25) is 0 Å². The van der Waals surface area contributed by atoms with Crippen molar-refractivity contribution in [1.29, 1.82) is 0 Å². The molecule has 1 N–H and O–H groups in total.